The van der Waals surface area contributed by atoms with E-state index in [1.807, 2.05) is 12.1 Å². The normalized spacial score (nSPS) is 28.8. The first-order valence-corrected chi connectivity index (χ1v) is 6.55. The van der Waals surface area contributed by atoms with Crippen LogP contribution in [0.25, 0.3) is 0 Å². The molecule has 1 saturated heterocycles. The van der Waals surface area contributed by atoms with Crippen LogP contribution in [0.3, 0.4) is 0 Å². The second-order valence-corrected chi connectivity index (χ2v) is 5.09. The molecule has 2 N–H and O–H groups in total. The molecule has 2 fully saturated rings. The van der Waals surface area contributed by atoms with E-state index in [1.165, 1.54) is 24.9 Å². The summed E-state index contributed by atoms with van der Waals surface area (Å²) < 4.78 is 5.72. The number of rotatable bonds is 1. The lowest BCUT2D eigenvalue weighted by molar-refractivity contribution is 0.121. The number of benzene rings is 1. The summed E-state index contributed by atoms with van der Waals surface area (Å²) >= 11 is 0. The quantitative estimate of drug-likeness (QED) is 0.755. The third-order valence-electron chi connectivity index (χ3n) is 4.07. The van der Waals surface area contributed by atoms with E-state index in [9.17, 15) is 0 Å². The third-order valence-corrected chi connectivity index (χ3v) is 4.07. The van der Waals surface area contributed by atoms with Crippen molar-refractivity contribution in [3.63, 3.8) is 0 Å². The SMILES string of the molecule is Nc1ccccc1N1CCOC[C@H]2CCC[C@@H]21. The standard InChI is InChI=1S/C14H20N2O/c15-12-5-1-2-6-14(12)16-8-9-17-10-11-4-3-7-13(11)16/h1-2,5-6,11,13H,3-4,7-10,15H2/t11-,13+/m1/s1. The van der Waals surface area contributed by atoms with E-state index in [4.69, 9.17) is 10.5 Å². The van der Waals surface area contributed by atoms with Gasteiger partial charge in [0.05, 0.1) is 24.6 Å². The molecule has 0 aromatic heterocycles. The fourth-order valence-electron chi connectivity index (χ4n) is 3.23. The summed E-state index contributed by atoms with van der Waals surface area (Å²) in [6.07, 6.45) is 3.90. The van der Waals surface area contributed by atoms with Crippen LogP contribution in [0.1, 0.15) is 19.3 Å². The predicted molar refractivity (Wildman–Crippen MR) is 70.1 cm³/mol. The van der Waals surface area contributed by atoms with Gasteiger partial charge in [-0.15, -0.1) is 0 Å². The number of ether oxygens (including phenoxy) is 1. The van der Waals surface area contributed by atoms with Crippen molar-refractivity contribution in [3.8, 4) is 0 Å². The molecule has 3 nitrogen and oxygen atoms in total. The Morgan fingerprint density at radius 2 is 2.12 bits per heavy atom. The molecule has 92 valence electrons. The molecular formula is C14H20N2O. The fraction of sp³-hybridized carbons (Fsp3) is 0.571. The van der Waals surface area contributed by atoms with Crippen LogP contribution in [0.15, 0.2) is 24.3 Å². The molecule has 0 radical (unpaired) electrons. The van der Waals surface area contributed by atoms with Crippen molar-refractivity contribution in [2.45, 2.75) is 25.3 Å². The lowest BCUT2D eigenvalue weighted by Crippen LogP contribution is -2.38. The van der Waals surface area contributed by atoms with Gasteiger partial charge in [-0.1, -0.05) is 18.6 Å². The van der Waals surface area contributed by atoms with E-state index in [2.05, 4.69) is 17.0 Å². The summed E-state index contributed by atoms with van der Waals surface area (Å²) in [5, 5.41) is 0. The van der Waals surface area contributed by atoms with E-state index in [0.29, 0.717) is 12.0 Å². The Morgan fingerprint density at radius 3 is 3.00 bits per heavy atom. The minimum absolute atomic E-state index is 0.627. The van der Waals surface area contributed by atoms with Gasteiger partial charge in [0.1, 0.15) is 0 Å². The number of anilines is 2. The zero-order valence-electron chi connectivity index (χ0n) is 10.1. The topological polar surface area (TPSA) is 38.5 Å². The van der Waals surface area contributed by atoms with Gasteiger partial charge in [-0.05, 0) is 25.0 Å². The average molecular weight is 232 g/mol. The Hall–Kier alpha value is -1.22. The fourth-order valence-corrected chi connectivity index (χ4v) is 3.23. The average Bonchev–Trinajstić information content (AvgIpc) is 2.71. The van der Waals surface area contributed by atoms with Gasteiger partial charge in [0.25, 0.3) is 0 Å². The van der Waals surface area contributed by atoms with Crippen molar-refractivity contribution in [3.05, 3.63) is 24.3 Å². The molecule has 0 spiro atoms. The third kappa shape index (κ3) is 2.00. The van der Waals surface area contributed by atoms with E-state index < -0.39 is 0 Å². The summed E-state index contributed by atoms with van der Waals surface area (Å²) in [6.45, 7) is 2.71. The molecule has 1 saturated carbocycles. The van der Waals surface area contributed by atoms with Crippen molar-refractivity contribution in [2.75, 3.05) is 30.4 Å². The molecule has 1 aromatic carbocycles. The van der Waals surface area contributed by atoms with Crippen molar-refractivity contribution in [2.24, 2.45) is 5.92 Å². The highest BCUT2D eigenvalue weighted by Crippen LogP contribution is 2.36. The van der Waals surface area contributed by atoms with Crippen molar-refractivity contribution in [1.29, 1.82) is 0 Å². The van der Waals surface area contributed by atoms with Gasteiger partial charge in [0.2, 0.25) is 0 Å². The second-order valence-electron chi connectivity index (χ2n) is 5.09. The largest absolute Gasteiger partial charge is 0.397 e. The molecule has 0 amide bonds. The van der Waals surface area contributed by atoms with Crippen LogP contribution in [0.2, 0.25) is 0 Å². The minimum Gasteiger partial charge on any atom is -0.397 e. The van der Waals surface area contributed by atoms with Crippen LogP contribution < -0.4 is 10.6 Å². The van der Waals surface area contributed by atoms with E-state index >= 15 is 0 Å². The molecule has 2 aliphatic rings. The maximum absolute atomic E-state index is 6.10. The summed E-state index contributed by atoms with van der Waals surface area (Å²) in [7, 11) is 0. The highest BCUT2D eigenvalue weighted by atomic mass is 16.5. The van der Waals surface area contributed by atoms with E-state index in [-0.39, 0.29) is 0 Å². The zero-order chi connectivity index (χ0) is 11.7. The Labute approximate surface area is 103 Å². The smallest absolute Gasteiger partial charge is 0.0641 e. The monoisotopic (exact) mass is 232 g/mol. The Kier molecular flexibility index (Phi) is 2.93. The number of nitrogen functional groups attached to an aromatic ring is 1. The molecule has 1 aliphatic carbocycles. The Morgan fingerprint density at radius 1 is 1.24 bits per heavy atom. The molecule has 1 aliphatic heterocycles. The zero-order valence-corrected chi connectivity index (χ0v) is 10.1. The molecule has 1 aromatic rings. The molecule has 0 bridgehead atoms. The van der Waals surface area contributed by atoms with Gasteiger partial charge in [0.15, 0.2) is 0 Å². The predicted octanol–water partition coefficient (Wildman–Crippen LogP) is 2.27. The summed E-state index contributed by atoms with van der Waals surface area (Å²) in [4.78, 5) is 2.47. The first-order chi connectivity index (χ1) is 8.36. The second kappa shape index (κ2) is 4.57. The minimum atomic E-state index is 0.627. The van der Waals surface area contributed by atoms with Crippen molar-refractivity contribution >= 4 is 11.4 Å². The van der Waals surface area contributed by atoms with Crippen LogP contribution >= 0.6 is 0 Å². The Bertz CT molecular complexity index is 394. The number of hydrogen-bond donors (Lipinski definition) is 1. The molecule has 17 heavy (non-hydrogen) atoms. The van der Waals surface area contributed by atoms with E-state index in [1.54, 1.807) is 0 Å². The molecule has 0 unspecified atom stereocenters. The molecule has 2 atom stereocenters. The summed E-state index contributed by atoms with van der Waals surface area (Å²) in [6, 6.07) is 8.82. The maximum atomic E-state index is 6.10. The molecule has 1 heterocycles. The van der Waals surface area contributed by atoms with Crippen LogP contribution in [-0.2, 0) is 4.74 Å². The summed E-state index contributed by atoms with van der Waals surface area (Å²) in [5.74, 6) is 0.692. The van der Waals surface area contributed by atoms with Crippen LogP contribution in [-0.4, -0.2) is 25.8 Å². The lowest BCUT2D eigenvalue weighted by atomic mass is 10.0. The Balaban J connectivity index is 1.92. The first kappa shape index (κ1) is 10.9. The van der Waals surface area contributed by atoms with Gasteiger partial charge >= 0.3 is 0 Å². The number of nitrogens with zero attached hydrogens (tertiary/aromatic N) is 1. The maximum Gasteiger partial charge on any atom is 0.0641 e. The van der Waals surface area contributed by atoms with Crippen molar-refractivity contribution < 1.29 is 4.74 Å². The van der Waals surface area contributed by atoms with Gasteiger partial charge in [-0.3, -0.25) is 0 Å². The van der Waals surface area contributed by atoms with Crippen LogP contribution in [0.4, 0.5) is 11.4 Å². The van der Waals surface area contributed by atoms with Crippen molar-refractivity contribution in [1.82, 2.24) is 0 Å². The van der Waals surface area contributed by atoms with E-state index in [0.717, 1.165) is 25.4 Å². The first-order valence-electron chi connectivity index (χ1n) is 6.55. The molecule has 3 heteroatoms. The van der Waals surface area contributed by atoms with Crippen LogP contribution in [0, 0.1) is 5.92 Å². The van der Waals surface area contributed by atoms with Gasteiger partial charge in [-0.2, -0.15) is 0 Å². The highest BCUT2D eigenvalue weighted by Gasteiger charge is 2.34. The molecular weight excluding hydrogens is 212 g/mol. The highest BCUT2D eigenvalue weighted by molar-refractivity contribution is 5.68. The molecule has 3 rings (SSSR count). The van der Waals surface area contributed by atoms with Gasteiger partial charge in [-0.25, -0.2) is 0 Å². The number of fused-ring (bicyclic) bond motifs is 1. The number of nitrogens with two attached hydrogens (primary N) is 1. The van der Waals surface area contributed by atoms with Gasteiger partial charge in [0, 0.05) is 18.5 Å². The van der Waals surface area contributed by atoms with Crippen LogP contribution in [0.5, 0.6) is 0 Å². The lowest BCUT2D eigenvalue weighted by Gasteiger charge is -2.32. The summed E-state index contributed by atoms with van der Waals surface area (Å²) in [5.41, 5.74) is 8.18. The number of hydrogen-bond acceptors (Lipinski definition) is 3. The number of para-hydroxylation sites is 2. The van der Waals surface area contributed by atoms with Gasteiger partial charge < -0.3 is 15.4 Å².